The molecule has 0 rings (SSSR count). The van der Waals surface area contributed by atoms with Crippen LogP contribution >= 0.6 is 0 Å². The number of rotatable bonds is 12. The number of carbonyl (C=O) groups excluding carboxylic acids is 3. The average molecular weight is 366 g/mol. The lowest BCUT2D eigenvalue weighted by atomic mass is 9.80. The summed E-state index contributed by atoms with van der Waals surface area (Å²) in [5.41, 5.74) is 2.48. The molecule has 0 saturated carbocycles. The van der Waals surface area contributed by atoms with Crippen LogP contribution in [0.15, 0.2) is 16.9 Å². The lowest BCUT2D eigenvalue weighted by molar-refractivity contribution is -0.169. The van der Waals surface area contributed by atoms with E-state index in [1.165, 1.54) is 13.3 Å². The van der Waals surface area contributed by atoms with Crippen LogP contribution in [0.2, 0.25) is 0 Å². The molecule has 0 bridgehead atoms. The number of allylic oxidation sites excluding steroid dienone is 1. The fourth-order valence-electron chi connectivity index (χ4n) is 2.70. The first kappa shape index (κ1) is 24.1. The molecule has 0 saturated heterocycles. The van der Waals surface area contributed by atoms with Gasteiger partial charge in [-0.25, -0.2) is 0 Å². The highest BCUT2D eigenvalue weighted by Gasteiger charge is 2.51. The Morgan fingerprint density at radius 3 is 1.85 bits per heavy atom. The molecule has 26 heavy (non-hydrogen) atoms. The van der Waals surface area contributed by atoms with Crippen molar-refractivity contribution >= 4 is 17.7 Å². The van der Waals surface area contributed by atoms with E-state index in [0.29, 0.717) is 12.0 Å². The maximum Gasteiger partial charge on any atom is 0.331 e. The van der Waals surface area contributed by atoms with Crippen molar-refractivity contribution in [3.05, 3.63) is 16.9 Å². The maximum absolute atomic E-state index is 13.1. The summed E-state index contributed by atoms with van der Waals surface area (Å²) < 4.78 is 9.40. The molecular weight excluding hydrogens is 332 g/mol. The minimum atomic E-state index is -2.00. The van der Waals surface area contributed by atoms with Crippen LogP contribution in [0.5, 0.6) is 0 Å². The lowest BCUT2D eigenvalue weighted by Gasteiger charge is -2.23. The number of hydrogen-bond donors (Lipinski definition) is 0. The Kier molecular flexibility index (Phi) is 11.6. The molecule has 0 unspecified atom stereocenters. The van der Waals surface area contributed by atoms with E-state index in [1.807, 2.05) is 13.8 Å². The van der Waals surface area contributed by atoms with Gasteiger partial charge in [0, 0.05) is 5.57 Å². The Hall–Kier alpha value is -1.87. The molecule has 0 N–H and O–H groups in total. The van der Waals surface area contributed by atoms with Gasteiger partial charge in [0.15, 0.2) is 5.78 Å². The van der Waals surface area contributed by atoms with Crippen LogP contribution in [0.3, 0.4) is 0 Å². The van der Waals surface area contributed by atoms with E-state index in [1.54, 1.807) is 0 Å². The average Bonchev–Trinajstić information content (AvgIpc) is 2.65. The van der Waals surface area contributed by atoms with Crippen LogP contribution in [0.1, 0.15) is 79.1 Å². The van der Waals surface area contributed by atoms with Gasteiger partial charge in [-0.1, -0.05) is 39.5 Å². The highest BCUT2D eigenvalue weighted by molar-refractivity contribution is 6.24. The van der Waals surface area contributed by atoms with Crippen LogP contribution in [0, 0.1) is 5.41 Å². The van der Waals surface area contributed by atoms with Gasteiger partial charge in [-0.05, 0) is 45.1 Å². The number of unbranched alkanes of at least 4 members (excludes halogenated alkanes) is 4. The molecule has 0 fully saturated rings. The number of carbonyl (C=O) groups is 3. The topological polar surface area (TPSA) is 69.7 Å². The number of ketones is 1. The molecule has 5 nitrogen and oxygen atoms in total. The predicted octanol–water partition coefficient (Wildman–Crippen LogP) is 4.54. The van der Waals surface area contributed by atoms with Crippen molar-refractivity contribution in [2.45, 2.75) is 79.1 Å². The Morgan fingerprint density at radius 1 is 0.846 bits per heavy atom. The summed E-state index contributed by atoms with van der Waals surface area (Å²) in [4.78, 5) is 37.5. The van der Waals surface area contributed by atoms with Crippen LogP contribution in [0.25, 0.3) is 0 Å². The zero-order valence-corrected chi connectivity index (χ0v) is 17.2. The third-order valence-corrected chi connectivity index (χ3v) is 4.47. The van der Waals surface area contributed by atoms with Gasteiger partial charge in [0.2, 0.25) is 5.41 Å². The third-order valence-electron chi connectivity index (χ3n) is 4.47. The van der Waals surface area contributed by atoms with Crippen LogP contribution in [0.4, 0.5) is 0 Å². The first-order valence-electron chi connectivity index (χ1n) is 9.46. The molecule has 0 radical (unpaired) electrons. The summed E-state index contributed by atoms with van der Waals surface area (Å²) in [6.45, 7) is 7.36. The summed E-state index contributed by atoms with van der Waals surface area (Å²) in [5.74, 6) is -2.41. The highest BCUT2D eigenvalue weighted by atomic mass is 16.5. The van der Waals surface area contributed by atoms with E-state index in [-0.39, 0.29) is 0 Å². The van der Waals surface area contributed by atoms with Crippen molar-refractivity contribution in [2.24, 2.45) is 5.41 Å². The molecule has 0 aliphatic heterocycles. The van der Waals surface area contributed by atoms with Gasteiger partial charge < -0.3 is 9.47 Å². The monoisotopic (exact) mass is 366 g/mol. The fraction of sp³-hybridized carbons (Fsp3) is 0.714. The molecule has 0 aliphatic rings. The molecule has 0 aromatic rings. The van der Waals surface area contributed by atoms with Crippen LogP contribution < -0.4 is 0 Å². The number of Topliss-reactive ketones (excluding diaryl/α,β-unsaturated/α-hetero) is 1. The van der Waals surface area contributed by atoms with Gasteiger partial charge >= 0.3 is 11.9 Å². The Balaban J connectivity index is 5.80. The third kappa shape index (κ3) is 6.80. The molecular formula is C21H34O5. The summed E-state index contributed by atoms with van der Waals surface area (Å²) in [7, 11) is 2.31. The van der Waals surface area contributed by atoms with Crippen LogP contribution in [-0.4, -0.2) is 31.9 Å². The van der Waals surface area contributed by atoms with E-state index in [0.717, 1.165) is 58.3 Å². The summed E-state index contributed by atoms with van der Waals surface area (Å²) in [6, 6.07) is 0. The summed E-state index contributed by atoms with van der Waals surface area (Å²) >= 11 is 0. The normalized spacial score (nSPS) is 10.7. The molecule has 0 heterocycles. The van der Waals surface area contributed by atoms with E-state index in [4.69, 9.17) is 9.47 Å². The molecule has 0 atom stereocenters. The molecule has 0 spiro atoms. The van der Waals surface area contributed by atoms with Crippen molar-refractivity contribution in [3.63, 3.8) is 0 Å². The van der Waals surface area contributed by atoms with Gasteiger partial charge in [-0.2, -0.15) is 0 Å². The van der Waals surface area contributed by atoms with E-state index >= 15 is 0 Å². The second-order valence-electron chi connectivity index (χ2n) is 6.74. The van der Waals surface area contributed by atoms with Crippen LogP contribution in [-0.2, 0) is 23.9 Å². The van der Waals surface area contributed by atoms with Crippen molar-refractivity contribution in [2.75, 3.05) is 14.2 Å². The smallest absolute Gasteiger partial charge is 0.331 e. The lowest BCUT2D eigenvalue weighted by Crippen LogP contribution is -2.46. The van der Waals surface area contributed by atoms with Crippen molar-refractivity contribution in [1.82, 2.24) is 0 Å². The van der Waals surface area contributed by atoms with Crippen molar-refractivity contribution < 1.29 is 23.9 Å². The van der Waals surface area contributed by atoms with Gasteiger partial charge in [0.05, 0.1) is 14.2 Å². The molecule has 148 valence electrons. The van der Waals surface area contributed by atoms with Crippen molar-refractivity contribution in [1.29, 1.82) is 0 Å². The maximum atomic E-state index is 13.1. The molecule has 0 amide bonds. The number of methoxy groups -OCH3 is 2. The predicted molar refractivity (Wildman–Crippen MR) is 102 cm³/mol. The largest absolute Gasteiger partial charge is 0.468 e. The number of hydrogen-bond acceptors (Lipinski definition) is 5. The molecule has 0 aromatic heterocycles. The zero-order valence-electron chi connectivity index (χ0n) is 17.2. The Bertz CT molecular complexity index is 537. The van der Waals surface area contributed by atoms with Gasteiger partial charge in [-0.3, -0.25) is 14.4 Å². The van der Waals surface area contributed by atoms with E-state index in [9.17, 15) is 14.4 Å². The standard InChI is InChI=1S/C21H34O5/c1-7-9-11-12-13-16(3)15-17(14-10-8-2)18(22)21(4,19(23)25-5)20(24)26-6/h7-14H2,1-6H3. The Morgan fingerprint density at radius 2 is 1.38 bits per heavy atom. The highest BCUT2D eigenvalue weighted by Crippen LogP contribution is 2.28. The Labute approximate surface area is 157 Å². The second-order valence-corrected chi connectivity index (χ2v) is 6.74. The molecule has 0 aliphatic carbocycles. The minimum absolute atomic E-state index is 0.359. The molecule has 0 aromatic carbocycles. The van der Waals surface area contributed by atoms with E-state index < -0.39 is 23.1 Å². The first-order valence-corrected chi connectivity index (χ1v) is 9.46. The fourth-order valence-corrected chi connectivity index (χ4v) is 2.70. The molecule has 5 heteroatoms. The first-order chi connectivity index (χ1) is 12.3. The second kappa shape index (κ2) is 12.5. The van der Waals surface area contributed by atoms with Gasteiger partial charge in [-0.15, -0.1) is 5.73 Å². The summed E-state index contributed by atoms with van der Waals surface area (Å²) in [6.07, 6.45) is 7.48. The quantitative estimate of drug-likeness (QED) is 0.167. The number of esters is 2. The number of ether oxygens (including phenoxy) is 2. The van der Waals surface area contributed by atoms with Gasteiger partial charge in [0.1, 0.15) is 0 Å². The van der Waals surface area contributed by atoms with E-state index in [2.05, 4.69) is 12.7 Å². The minimum Gasteiger partial charge on any atom is -0.468 e. The van der Waals surface area contributed by atoms with Crippen molar-refractivity contribution in [3.8, 4) is 0 Å². The zero-order chi connectivity index (χ0) is 20.2. The summed E-state index contributed by atoms with van der Waals surface area (Å²) in [5, 5.41) is 0. The van der Waals surface area contributed by atoms with Gasteiger partial charge in [0.25, 0.3) is 0 Å². The SMILES string of the molecule is CCCCCCC(C)=C=C(CCCC)C(=O)C(C)(C(=O)OC)C(=O)OC.